The highest BCUT2D eigenvalue weighted by molar-refractivity contribution is 5.84. The van der Waals surface area contributed by atoms with Crippen molar-refractivity contribution in [3.8, 4) is 0 Å². The van der Waals surface area contributed by atoms with Gasteiger partial charge in [0, 0.05) is 24.7 Å². The number of benzene rings is 2. The van der Waals surface area contributed by atoms with E-state index in [4.69, 9.17) is 10.5 Å². The largest absolute Gasteiger partial charge is 0.444 e. The minimum atomic E-state index is -0.508. The summed E-state index contributed by atoms with van der Waals surface area (Å²) in [5, 5.41) is 2.76. The lowest BCUT2D eigenvalue weighted by atomic mass is 9.92. The summed E-state index contributed by atoms with van der Waals surface area (Å²) in [6, 6.07) is 17.1. The molecule has 0 aliphatic heterocycles. The molecular weight excluding hydrogens is 378 g/mol. The molecule has 30 heavy (non-hydrogen) atoms. The molecule has 160 valence electrons. The van der Waals surface area contributed by atoms with Crippen molar-refractivity contribution in [2.45, 2.75) is 39.8 Å². The molecule has 6 heteroatoms. The third-order valence-electron chi connectivity index (χ3n) is 5.17. The van der Waals surface area contributed by atoms with E-state index in [-0.39, 0.29) is 23.8 Å². The molecule has 2 amide bonds. The van der Waals surface area contributed by atoms with Crippen molar-refractivity contribution < 1.29 is 14.3 Å². The highest BCUT2D eigenvalue weighted by atomic mass is 16.5. The molecule has 0 atom stereocenters. The number of anilines is 1. The Morgan fingerprint density at radius 1 is 1.10 bits per heavy atom. The molecule has 2 aromatic rings. The van der Waals surface area contributed by atoms with E-state index in [0.29, 0.717) is 25.3 Å². The summed E-state index contributed by atoms with van der Waals surface area (Å²) < 4.78 is 5.28. The third-order valence-corrected chi connectivity index (χ3v) is 5.17. The summed E-state index contributed by atoms with van der Waals surface area (Å²) in [5.74, 6) is 0.338. The first-order valence-corrected chi connectivity index (χ1v) is 10.4. The molecule has 0 aromatic heterocycles. The molecular formula is C24H31N3O3. The van der Waals surface area contributed by atoms with E-state index in [1.807, 2.05) is 59.5 Å². The molecule has 1 aliphatic rings. The smallest absolute Gasteiger partial charge is 0.411 e. The van der Waals surface area contributed by atoms with Crippen LogP contribution in [0, 0.1) is 11.3 Å². The zero-order valence-corrected chi connectivity index (χ0v) is 17.8. The van der Waals surface area contributed by atoms with Crippen LogP contribution in [0.25, 0.3) is 0 Å². The maximum atomic E-state index is 12.8. The zero-order valence-electron chi connectivity index (χ0n) is 17.8. The van der Waals surface area contributed by atoms with Gasteiger partial charge in [-0.2, -0.15) is 0 Å². The average molecular weight is 410 g/mol. The predicted octanol–water partition coefficient (Wildman–Crippen LogP) is 4.16. The van der Waals surface area contributed by atoms with Gasteiger partial charge in [-0.05, 0) is 48.1 Å². The van der Waals surface area contributed by atoms with Crippen LogP contribution in [-0.4, -0.2) is 30.0 Å². The van der Waals surface area contributed by atoms with Crippen molar-refractivity contribution in [1.29, 1.82) is 0 Å². The van der Waals surface area contributed by atoms with Crippen LogP contribution in [0.3, 0.4) is 0 Å². The van der Waals surface area contributed by atoms with Gasteiger partial charge in [-0.3, -0.25) is 10.1 Å². The second kappa shape index (κ2) is 9.76. The van der Waals surface area contributed by atoms with Gasteiger partial charge in [0.15, 0.2) is 0 Å². The molecule has 1 saturated carbocycles. The lowest BCUT2D eigenvalue weighted by molar-refractivity contribution is -0.134. The maximum Gasteiger partial charge on any atom is 0.411 e. The summed E-state index contributed by atoms with van der Waals surface area (Å²) in [6.07, 6.45) is 1.42. The first-order valence-electron chi connectivity index (χ1n) is 10.4. The van der Waals surface area contributed by atoms with Crippen molar-refractivity contribution in [3.05, 3.63) is 65.7 Å². The van der Waals surface area contributed by atoms with Crippen molar-refractivity contribution in [2.24, 2.45) is 17.1 Å². The summed E-state index contributed by atoms with van der Waals surface area (Å²) in [7, 11) is 0. The fourth-order valence-corrected chi connectivity index (χ4v) is 3.23. The standard InChI is InChI=1S/C24H31N3O3/c1-24(2,16-25)17-27(22(28)20-11-12-20)14-19-9-6-10-21(13-19)26-23(29)30-15-18-7-4-3-5-8-18/h3-10,13,20H,11-12,14-17,25H2,1-2H3,(H,26,29). The number of carbonyl (C=O) groups is 2. The molecule has 2 aromatic carbocycles. The van der Waals surface area contributed by atoms with Crippen LogP contribution in [0.4, 0.5) is 10.5 Å². The number of nitrogens with zero attached hydrogens (tertiary/aromatic N) is 1. The van der Waals surface area contributed by atoms with Gasteiger partial charge < -0.3 is 15.4 Å². The highest BCUT2D eigenvalue weighted by Gasteiger charge is 2.35. The predicted molar refractivity (Wildman–Crippen MR) is 118 cm³/mol. The van der Waals surface area contributed by atoms with Crippen LogP contribution in [0.1, 0.15) is 37.8 Å². The quantitative estimate of drug-likeness (QED) is 0.651. The normalized spacial score (nSPS) is 13.6. The second-order valence-electron chi connectivity index (χ2n) is 8.72. The van der Waals surface area contributed by atoms with Gasteiger partial charge in [0.25, 0.3) is 0 Å². The lowest BCUT2D eigenvalue weighted by Crippen LogP contribution is -2.42. The van der Waals surface area contributed by atoms with Crippen molar-refractivity contribution in [2.75, 3.05) is 18.4 Å². The Bertz CT molecular complexity index is 863. The van der Waals surface area contributed by atoms with Gasteiger partial charge in [-0.25, -0.2) is 4.79 Å². The van der Waals surface area contributed by atoms with Crippen molar-refractivity contribution >= 4 is 17.7 Å². The number of hydrogen-bond donors (Lipinski definition) is 2. The number of carbonyl (C=O) groups excluding carboxylic acids is 2. The summed E-state index contributed by atoms with van der Waals surface area (Å²) in [5.41, 5.74) is 8.27. The Morgan fingerprint density at radius 3 is 2.47 bits per heavy atom. The molecule has 1 fully saturated rings. The van der Waals surface area contributed by atoms with Gasteiger partial charge >= 0.3 is 6.09 Å². The number of ether oxygens (including phenoxy) is 1. The van der Waals surface area contributed by atoms with Crippen LogP contribution >= 0.6 is 0 Å². The summed E-state index contributed by atoms with van der Waals surface area (Å²) >= 11 is 0. The molecule has 3 rings (SSSR count). The lowest BCUT2D eigenvalue weighted by Gasteiger charge is -2.32. The van der Waals surface area contributed by atoms with Crippen LogP contribution in [-0.2, 0) is 22.7 Å². The number of rotatable bonds is 9. The molecule has 0 radical (unpaired) electrons. The first kappa shape index (κ1) is 21.8. The Hall–Kier alpha value is -2.86. The van der Waals surface area contributed by atoms with E-state index in [1.54, 1.807) is 0 Å². The number of nitrogens with one attached hydrogen (secondary N) is 1. The highest BCUT2D eigenvalue weighted by Crippen LogP contribution is 2.32. The summed E-state index contributed by atoms with van der Waals surface area (Å²) in [6.45, 7) is 5.96. The van der Waals surface area contributed by atoms with E-state index in [9.17, 15) is 9.59 Å². The molecule has 6 nitrogen and oxygen atoms in total. The Labute approximate surface area is 178 Å². The zero-order chi connectivity index (χ0) is 21.6. The van der Waals surface area contributed by atoms with E-state index in [1.165, 1.54) is 0 Å². The van der Waals surface area contributed by atoms with Crippen molar-refractivity contribution in [1.82, 2.24) is 4.90 Å². The molecule has 0 saturated heterocycles. The SMILES string of the molecule is CC(C)(CN)CN(Cc1cccc(NC(=O)OCc2ccccc2)c1)C(=O)C1CC1. The fourth-order valence-electron chi connectivity index (χ4n) is 3.23. The minimum Gasteiger partial charge on any atom is -0.444 e. The Morgan fingerprint density at radius 2 is 1.80 bits per heavy atom. The average Bonchev–Trinajstić information content (AvgIpc) is 3.57. The third kappa shape index (κ3) is 6.59. The van der Waals surface area contributed by atoms with Gasteiger partial charge in [-0.1, -0.05) is 56.3 Å². The Balaban J connectivity index is 1.61. The minimum absolute atomic E-state index is 0.146. The monoisotopic (exact) mass is 409 g/mol. The van der Waals surface area contributed by atoms with Gasteiger partial charge in [-0.15, -0.1) is 0 Å². The number of nitrogens with two attached hydrogens (primary N) is 1. The maximum absolute atomic E-state index is 12.8. The number of amides is 2. The van der Waals surface area contributed by atoms with E-state index >= 15 is 0 Å². The molecule has 0 spiro atoms. The van der Waals surface area contributed by atoms with Gasteiger partial charge in [0.1, 0.15) is 6.61 Å². The van der Waals surface area contributed by atoms with Crippen molar-refractivity contribution in [3.63, 3.8) is 0 Å². The topological polar surface area (TPSA) is 84.7 Å². The Kier molecular flexibility index (Phi) is 7.11. The van der Waals surface area contributed by atoms with E-state index < -0.39 is 6.09 Å². The van der Waals surface area contributed by atoms with Crippen LogP contribution in [0.15, 0.2) is 54.6 Å². The molecule has 0 unspecified atom stereocenters. The van der Waals surface area contributed by atoms with E-state index in [2.05, 4.69) is 19.2 Å². The van der Waals surface area contributed by atoms with E-state index in [0.717, 1.165) is 24.0 Å². The molecule has 3 N–H and O–H groups in total. The van der Waals surface area contributed by atoms with Crippen LogP contribution in [0.5, 0.6) is 0 Å². The first-order chi connectivity index (χ1) is 14.4. The number of hydrogen-bond acceptors (Lipinski definition) is 4. The molecule has 0 bridgehead atoms. The van der Waals surface area contributed by atoms with Crippen LogP contribution in [0.2, 0.25) is 0 Å². The van der Waals surface area contributed by atoms with Gasteiger partial charge in [0.2, 0.25) is 5.91 Å². The second-order valence-corrected chi connectivity index (χ2v) is 8.72. The summed E-state index contributed by atoms with van der Waals surface area (Å²) in [4.78, 5) is 26.8. The molecule has 1 aliphatic carbocycles. The fraction of sp³-hybridized carbons (Fsp3) is 0.417. The molecule has 0 heterocycles. The van der Waals surface area contributed by atoms with Crippen LogP contribution < -0.4 is 11.1 Å². The van der Waals surface area contributed by atoms with Gasteiger partial charge in [0.05, 0.1) is 0 Å².